The van der Waals surface area contributed by atoms with Crippen LogP contribution < -0.4 is 5.73 Å². The minimum atomic E-state index is -0.182. The molecule has 0 aliphatic carbocycles. The van der Waals surface area contributed by atoms with E-state index in [1.165, 1.54) is 0 Å². The average Bonchev–Trinajstić information content (AvgIpc) is 2.69. The van der Waals surface area contributed by atoms with Crippen LogP contribution in [0.4, 0.5) is 5.69 Å². The van der Waals surface area contributed by atoms with Crippen molar-refractivity contribution < 1.29 is 9.53 Å². The summed E-state index contributed by atoms with van der Waals surface area (Å²) in [5, 5.41) is 6.73. The summed E-state index contributed by atoms with van der Waals surface area (Å²) in [4.78, 5) is 13.6. The van der Waals surface area contributed by atoms with Crippen LogP contribution >= 0.6 is 0 Å². The zero-order valence-electron chi connectivity index (χ0n) is 10.6. The van der Waals surface area contributed by atoms with Gasteiger partial charge in [0.25, 0.3) is 5.91 Å². The Kier molecular flexibility index (Phi) is 4.96. The van der Waals surface area contributed by atoms with Gasteiger partial charge < -0.3 is 15.4 Å². The fourth-order valence-corrected chi connectivity index (χ4v) is 1.45. The summed E-state index contributed by atoms with van der Waals surface area (Å²) in [6.07, 6.45) is 0.731. The number of aromatic amines is 1. The van der Waals surface area contributed by atoms with Crippen LogP contribution in [0, 0.1) is 0 Å². The quantitative estimate of drug-likeness (QED) is 0.715. The Morgan fingerprint density at radius 1 is 1.53 bits per heavy atom. The molecule has 1 aromatic heterocycles. The standard InChI is InChI=1S/C11H20N4O2/c1-4-8-9(12)10(14-13-8)11(16)15(3)6-7-17-5-2/h4-7,12H2,1-3H3,(H,13,14). The molecule has 0 aliphatic rings. The third kappa shape index (κ3) is 3.20. The van der Waals surface area contributed by atoms with Gasteiger partial charge in [0.05, 0.1) is 18.0 Å². The van der Waals surface area contributed by atoms with Gasteiger partial charge in [-0.05, 0) is 13.3 Å². The Balaban J connectivity index is 2.65. The number of aromatic nitrogens is 2. The van der Waals surface area contributed by atoms with Crippen LogP contribution in [-0.2, 0) is 11.2 Å². The van der Waals surface area contributed by atoms with E-state index >= 15 is 0 Å². The number of nitrogen functional groups attached to an aromatic ring is 1. The van der Waals surface area contributed by atoms with Crippen LogP contribution in [0.25, 0.3) is 0 Å². The first kappa shape index (κ1) is 13.5. The molecular weight excluding hydrogens is 220 g/mol. The molecule has 0 spiro atoms. The summed E-state index contributed by atoms with van der Waals surface area (Å²) in [5.74, 6) is -0.182. The number of carbonyl (C=O) groups excluding carboxylic acids is 1. The molecule has 96 valence electrons. The average molecular weight is 240 g/mol. The Labute approximate surface area is 101 Å². The second-order valence-corrected chi connectivity index (χ2v) is 3.74. The van der Waals surface area contributed by atoms with Gasteiger partial charge in [-0.2, -0.15) is 5.10 Å². The van der Waals surface area contributed by atoms with Crippen LogP contribution in [0.2, 0.25) is 0 Å². The summed E-state index contributed by atoms with van der Waals surface area (Å²) in [7, 11) is 1.71. The number of rotatable bonds is 6. The summed E-state index contributed by atoms with van der Waals surface area (Å²) < 4.78 is 5.19. The summed E-state index contributed by atoms with van der Waals surface area (Å²) in [5.41, 5.74) is 7.37. The number of nitrogens with zero attached hydrogens (tertiary/aromatic N) is 2. The number of nitrogens with one attached hydrogen (secondary N) is 1. The number of hydrogen-bond acceptors (Lipinski definition) is 4. The summed E-state index contributed by atoms with van der Waals surface area (Å²) >= 11 is 0. The topological polar surface area (TPSA) is 84.2 Å². The molecular formula is C11H20N4O2. The molecule has 1 aromatic rings. The fourth-order valence-electron chi connectivity index (χ4n) is 1.45. The highest BCUT2D eigenvalue weighted by Gasteiger charge is 2.19. The third-order valence-corrected chi connectivity index (χ3v) is 2.56. The van der Waals surface area contributed by atoms with Crippen molar-refractivity contribution >= 4 is 11.6 Å². The lowest BCUT2D eigenvalue weighted by molar-refractivity contribution is 0.0705. The highest BCUT2D eigenvalue weighted by atomic mass is 16.5. The zero-order valence-corrected chi connectivity index (χ0v) is 10.6. The number of aryl methyl sites for hydroxylation is 1. The molecule has 0 atom stereocenters. The SMILES string of the molecule is CCOCCN(C)C(=O)c1n[nH]c(CC)c1N. The number of likely N-dealkylation sites (N-methyl/N-ethyl adjacent to an activating group) is 1. The van der Waals surface area contributed by atoms with Gasteiger partial charge in [0.1, 0.15) is 0 Å². The van der Waals surface area contributed by atoms with Gasteiger partial charge >= 0.3 is 0 Å². The number of nitrogens with two attached hydrogens (primary N) is 1. The highest BCUT2D eigenvalue weighted by molar-refractivity contribution is 5.97. The lowest BCUT2D eigenvalue weighted by Crippen LogP contribution is -2.31. The maximum absolute atomic E-state index is 12.0. The van der Waals surface area contributed by atoms with E-state index in [2.05, 4.69) is 10.2 Å². The van der Waals surface area contributed by atoms with Crippen molar-refractivity contribution in [3.63, 3.8) is 0 Å². The summed E-state index contributed by atoms with van der Waals surface area (Å²) in [6.45, 7) is 5.56. The van der Waals surface area contributed by atoms with Gasteiger partial charge in [0.2, 0.25) is 0 Å². The first-order chi connectivity index (χ1) is 8.11. The van der Waals surface area contributed by atoms with E-state index in [1.807, 2.05) is 13.8 Å². The second-order valence-electron chi connectivity index (χ2n) is 3.74. The maximum atomic E-state index is 12.0. The maximum Gasteiger partial charge on any atom is 0.276 e. The molecule has 0 unspecified atom stereocenters. The Morgan fingerprint density at radius 3 is 2.76 bits per heavy atom. The zero-order chi connectivity index (χ0) is 12.8. The number of H-pyrrole nitrogens is 1. The lowest BCUT2D eigenvalue weighted by Gasteiger charge is -2.15. The minimum absolute atomic E-state index is 0.182. The Hall–Kier alpha value is -1.56. The molecule has 1 amide bonds. The first-order valence-electron chi connectivity index (χ1n) is 5.77. The van der Waals surface area contributed by atoms with Crippen LogP contribution in [0.1, 0.15) is 30.0 Å². The van der Waals surface area contributed by atoms with Gasteiger partial charge in [0, 0.05) is 20.2 Å². The van der Waals surface area contributed by atoms with Crippen molar-refractivity contribution in [2.45, 2.75) is 20.3 Å². The molecule has 6 heteroatoms. The third-order valence-electron chi connectivity index (χ3n) is 2.56. The van der Waals surface area contributed by atoms with Gasteiger partial charge in [-0.25, -0.2) is 0 Å². The number of ether oxygens (including phenoxy) is 1. The van der Waals surface area contributed by atoms with Crippen molar-refractivity contribution in [3.8, 4) is 0 Å². The molecule has 0 aliphatic heterocycles. The monoisotopic (exact) mass is 240 g/mol. The Morgan fingerprint density at radius 2 is 2.24 bits per heavy atom. The molecule has 17 heavy (non-hydrogen) atoms. The molecule has 1 heterocycles. The van der Waals surface area contributed by atoms with Gasteiger partial charge in [0.15, 0.2) is 5.69 Å². The molecule has 6 nitrogen and oxygen atoms in total. The van der Waals surface area contributed by atoms with Crippen molar-refractivity contribution in [2.75, 3.05) is 32.5 Å². The van der Waals surface area contributed by atoms with E-state index in [0.29, 0.717) is 31.1 Å². The fraction of sp³-hybridized carbons (Fsp3) is 0.636. The molecule has 0 saturated heterocycles. The lowest BCUT2D eigenvalue weighted by atomic mass is 10.2. The largest absolute Gasteiger partial charge is 0.395 e. The van der Waals surface area contributed by atoms with E-state index in [1.54, 1.807) is 11.9 Å². The van der Waals surface area contributed by atoms with Gasteiger partial charge in [-0.15, -0.1) is 0 Å². The van der Waals surface area contributed by atoms with Crippen LogP contribution in [-0.4, -0.2) is 47.8 Å². The van der Waals surface area contributed by atoms with E-state index in [0.717, 1.165) is 12.1 Å². The molecule has 1 rings (SSSR count). The number of carbonyl (C=O) groups is 1. The first-order valence-corrected chi connectivity index (χ1v) is 5.77. The highest BCUT2D eigenvalue weighted by Crippen LogP contribution is 2.15. The molecule has 0 fully saturated rings. The van der Waals surface area contributed by atoms with Crippen LogP contribution in [0.5, 0.6) is 0 Å². The van der Waals surface area contributed by atoms with Crippen molar-refractivity contribution in [1.82, 2.24) is 15.1 Å². The Bertz CT molecular complexity index is 376. The van der Waals surface area contributed by atoms with Gasteiger partial charge in [-0.1, -0.05) is 6.92 Å². The molecule has 0 saturated carbocycles. The van der Waals surface area contributed by atoms with Gasteiger partial charge in [-0.3, -0.25) is 9.89 Å². The normalized spacial score (nSPS) is 10.5. The van der Waals surface area contributed by atoms with E-state index in [9.17, 15) is 4.79 Å². The van der Waals surface area contributed by atoms with Crippen LogP contribution in [0.3, 0.4) is 0 Å². The predicted octanol–water partition coefficient (Wildman–Crippen LogP) is 0.663. The minimum Gasteiger partial charge on any atom is -0.395 e. The van der Waals surface area contributed by atoms with Crippen molar-refractivity contribution in [2.24, 2.45) is 0 Å². The molecule has 3 N–H and O–H groups in total. The number of anilines is 1. The van der Waals surface area contributed by atoms with E-state index < -0.39 is 0 Å². The molecule has 0 aromatic carbocycles. The molecule has 0 radical (unpaired) electrons. The number of hydrogen-bond donors (Lipinski definition) is 2. The number of amides is 1. The smallest absolute Gasteiger partial charge is 0.276 e. The van der Waals surface area contributed by atoms with Crippen LogP contribution in [0.15, 0.2) is 0 Å². The van der Waals surface area contributed by atoms with E-state index in [4.69, 9.17) is 10.5 Å². The molecule has 0 bridgehead atoms. The predicted molar refractivity (Wildman–Crippen MR) is 65.8 cm³/mol. The van der Waals surface area contributed by atoms with Crippen molar-refractivity contribution in [1.29, 1.82) is 0 Å². The second kappa shape index (κ2) is 6.24. The van der Waals surface area contributed by atoms with Crippen molar-refractivity contribution in [3.05, 3.63) is 11.4 Å². The summed E-state index contributed by atoms with van der Waals surface area (Å²) in [6, 6.07) is 0. The van der Waals surface area contributed by atoms with E-state index in [-0.39, 0.29) is 5.91 Å².